The Morgan fingerprint density at radius 1 is 1.00 bits per heavy atom. The fourth-order valence-corrected chi connectivity index (χ4v) is 2.31. The van der Waals surface area contributed by atoms with Crippen LogP contribution >= 0.6 is 0 Å². The third-order valence-electron chi connectivity index (χ3n) is 3.32. The molecule has 2 rings (SSSR count). The monoisotopic (exact) mass is 304 g/mol. The Hall–Kier alpha value is -2.63. The number of benzene rings is 1. The van der Waals surface area contributed by atoms with Gasteiger partial charge in [0.2, 0.25) is 5.75 Å². The molecular weight excluding hydrogens is 284 g/mol. The molecule has 1 heterocycles. The Balaban J connectivity index is 2.33. The summed E-state index contributed by atoms with van der Waals surface area (Å²) >= 11 is 0. The van der Waals surface area contributed by atoms with Crippen molar-refractivity contribution in [1.82, 2.24) is 4.98 Å². The summed E-state index contributed by atoms with van der Waals surface area (Å²) in [6.45, 7) is 3.76. The largest absolute Gasteiger partial charge is 0.493 e. The summed E-state index contributed by atoms with van der Waals surface area (Å²) in [7, 11) is 4.59. The number of aromatic nitrogens is 1. The molecule has 0 aliphatic rings. The van der Waals surface area contributed by atoms with E-state index in [1.54, 1.807) is 12.1 Å². The van der Waals surface area contributed by atoms with E-state index >= 15 is 0 Å². The van der Waals surface area contributed by atoms with Crippen molar-refractivity contribution in [3.8, 4) is 17.2 Å². The molecule has 0 bridgehead atoms. The molecule has 118 valence electrons. The lowest BCUT2D eigenvalue weighted by Gasteiger charge is -2.14. The summed E-state index contributed by atoms with van der Waals surface area (Å²) in [5.41, 5.74) is 2.93. The first-order valence-electron chi connectivity index (χ1n) is 6.77. The average molecular weight is 304 g/mol. The third kappa shape index (κ3) is 3.00. The highest BCUT2D eigenvalue weighted by Crippen LogP contribution is 2.40. The molecule has 0 atom stereocenters. The van der Waals surface area contributed by atoms with Gasteiger partial charge in [0.1, 0.15) is 0 Å². The quantitative estimate of drug-likeness (QED) is 0.891. The van der Waals surface area contributed by atoms with Crippen LogP contribution in [0.5, 0.6) is 17.2 Å². The van der Waals surface area contributed by atoms with Crippen molar-refractivity contribution in [1.29, 1.82) is 0 Å². The van der Waals surface area contributed by atoms with Crippen molar-refractivity contribution >= 4 is 11.6 Å². The minimum atomic E-state index is -0.198. The van der Waals surface area contributed by atoms with Crippen LogP contribution in [-0.4, -0.2) is 32.2 Å². The first-order valence-corrected chi connectivity index (χ1v) is 6.77. The van der Waals surface area contributed by atoms with Crippen LogP contribution in [0, 0.1) is 13.8 Å². The zero-order chi connectivity index (χ0) is 16.3. The van der Waals surface area contributed by atoms with Crippen molar-refractivity contribution in [2.75, 3.05) is 26.6 Å². The van der Waals surface area contributed by atoms with Crippen molar-refractivity contribution in [2.45, 2.75) is 13.8 Å². The first-order chi connectivity index (χ1) is 10.5. The second-order valence-electron chi connectivity index (χ2n) is 4.86. The van der Waals surface area contributed by atoms with Gasteiger partial charge in [0.15, 0.2) is 11.5 Å². The summed E-state index contributed by atoms with van der Waals surface area (Å²) in [6, 6.07) is 5.19. The predicted molar refractivity (Wildman–Crippen MR) is 84.3 cm³/mol. The third-order valence-corrected chi connectivity index (χ3v) is 3.32. The number of aromatic amines is 1. The summed E-state index contributed by atoms with van der Waals surface area (Å²) in [4.78, 5) is 15.5. The molecule has 22 heavy (non-hydrogen) atoms. The number of anilines is 1. The van der Waals surface area contributed by atoms with Crippen molar-refractivity contribution in [3.63, 3.8) is 0 Å². The molecule has 0 fully saturated rings. The smallest absolute Gasteiger partial charge is 0.257 e. The van der Waals surface area contributed by atoms with Gasteiger partial charge in [-0.25, -0.2) is 0 Å². The number of methoxy groups -OCH3 is 3. The van der Waals surface area contributed by atoms with E-state index in [1.807, 2.05) is 19.9 Å². The van der Waals surface area contributed by atoms with Gasteiger partial charge < -0.3 is 24.5 Å². The standard InChI is InChI=1S/C16H20N2O4/c1-9-6-12(10(2)17-9)16(19)18-11-7-13(20-3)15(22-5)14(8-11)21-4/h6-8,17H,1-5H3,(H,18,19). The SMILES string of the molecule is COc1cc(NC(=O)c2cc(C)[nH]c2C)cc(OC)c1OC. The van der Waals surface area contributed by atoms with Crippen LogP contribution in [0.25, 0.3) is 0 Å². The van der Waals surface area contributed by atoms with E-state index in [0.29, 0.717) is 28.5 Å². The predicted octanol–water partition coefficient (Wildman–Crippen LogP) is 2.91. The van der Waals surface area contributed by atoms with E-state index in [9.17, 15) is 4.79 Å². The molecule has 0 unspecified atom stereocenters. The molecule has 0 saturated carbocycles. The van der Waals surface area contributed by atoms with Crippen molar-refractivity contribution in [3.05, 3.63) is 35.2 Å². The highest BCUT2D eigenvalue weighted by molar-refractivity contribution is 6.05. The summed E-state index contributed by atoms with van der Waals surface area (Å²) < 4.78 is 15.8. The Labute approximate surface area is 129 Å². The van der Waals surface area contributed by atoms with Gasteiger partial charge in [0.25, 0.3) is 5.91 Å². The van der Waals surface area contributed by atoms with E-state index < -0.39 is 0 Å². The maximum Gasteiger partial charge on any atom is 0.257 e. The van der Waals surface area contributed by atoms with Gasteiger partial charge in [-0.05, 0) is 19.9 Å². The topological polar surface area (TPSA) is 72.6 Å². The Kier molecular flexibility index (Phi) is 4.60. The van der Waals surface area contributed by atoms with Gasteiger partial charge in [0, 0.05) is 29.2 Å². The molecule has 0 aliphatic carbocycles. The number of hydrogen-bond donors (Lipinski definition) is 2. The van der Waals surface area contributed by atoms with Crippen LogP contribution in [0.1, 0.15) is 21.7 Å². The number of amides is 1. The molecule has 6 heteroatoms. The summed E-state index contributed by atoms with van der Waals surface area (Å²) in [6.07, 6.45) is 0. The van der Waals surface area contributed by atoms with Gasteiger partial charge in [-0.2, -0.15) is 0 Å². The van der Waals surface area contributed by atoms with Gasteiger partial charge in [-0.3, -0.25) is 4.79 Å². The molecule has 0 spiro atoms. The van der Waals surface area contributed by atoms with Crippen molar-refractivity contribution < 1.29 is 19.0 Å². The molecule has 0 saturated heterocycles. The molecule has 1 aromatic heterocycles. The van der Waals surface area contributed by atoms with Gasteiger partial charge in [-0.1, -0.05) is 0 Å². The molecule has 2 aromatic rings. The Morgan fingerprint density at radius 2 is 1.59 bits per heavy atom. The Bertz CT molecular complexity index is 666. The van der Waals surface area contributed by atoms with E-state index in [-0.39, 0.29) is 5.91 Å². The summed E-state index contributed by atoms with van der Waals surface area (Å²) in [5, 5.41) is 2.84. The van der Waals surface area contributed by atoms with E-state index in [2.05, 4.69) is 10.3 Å². The Morgan fingerprint density at radius 3 is 2.00 bits per heavy atom. The number of carbonyl (C=O) groups excluding carboxylic acids is 1. The lowest BCUT2D eigenvalue weighted by Crippen LogP contribution is -2.12. The highest BCUT2D eigenvalue weighted by atomic mass is 16.5. The number of nitrogens with one attached hydrogen (secondary N) is 2. The zero-order valence-electron chi connectivity index (χ0n) is 13.4. The number of aryl methyl sites for hydroxylation is 2. The van der Waals surface area contributed by atoms with E-state index in [1.165, 1.54) is 21.3 Å². The fraction of sp³-hybridized carbons (Fsp3) is 0.312. The molecule has 1 amide bonds. The van der Waals surface area contributed by atoms with Gasteiger partial charge in [0.05, 0.1) is 26.9 Å². The van der Waals surface area contributed by atoms with E-state index in [4.69, 9.17) is 14.2 Å². The zero-order valence-corrected chi connectivity index (χ0v) is 13.4. The van der Waals surface area contributed by atoms with Crippen LogP contribution < -0.4 is 19.5 Å². The van der Waals surface area contributed by atoms with Crippen LogP contribution in [0.2, 0.25) is 0 Å². The maximum absolute atomic E-state index is 12.4. The minimum absolute atomic E-state index is 0.198. The number of hydrogen-bond acceptors (Lipinski definition) is 4. The van der Waals surface area contributed by atoms with Crippen molar-refractivity contribution in [2.24, 2.45) is 0 Å². The maximum atomic E-state index is 12.4. The van der Waals surface area contributed by atoms with Crippen LogP contribution in [-0.2, 0) is 0 Å². The first kappa shape index (κ1) is 15.8. The molecule has 0 aliphatic heterocycles. The molecule has 1 aromatic carbocycles. The van der Waals surface area contributed by atoms with E-state index in [0.717, 1.165) is 11.4 Å². The number of carbonyl (C=O) groups is 1. The van der Waals surface area contributed by atoms with Crippen LogP contribution in [0.15, 0.2) is 18.2 Å². The molecular formula is C16H20N2O4. The molecule has 2 N–H and O–H groups in total. The second kappa shape index (κ2) is 6.43. The second-order valence-corrected chi connectivity index (χ2v) is 4.86. The fourth-order valence-electron chi connectivity index (χ4n) is 2.31. The van der Waals surface area contributed by atoms with Crippen LogP contribution in [0.4, 0.5) is 5.69 Å². The summed E-state index contributed by atoms with van der Waals surface area (Å²) in [5.74, 6) is 1.26. The lowest BCUT2D eigenvalue weighted by molar-refractivity contribution is 0.102. The number of ether oxygens (including phenoxy) is 3. The lowest BCUT2D eigenvalue weighted by atomic mass is 10.2. The minimum Gasteiger partial charge on any atom is -0.493 e. The molecule has 6 nitrogen and oxygen atoms in total. The average Bonchev–Trinajstić information content (AvgIpc) is 2.84. The normalized spacial score (nSPS) is 10.2. The van der Waals surface area contributed by atoms with Gasteiger partial charge >= 0.3 is 0 Å². The number of H-pyrrole nitrogens is 1. The highest BCUT2D eigenvalue weighted by Gasteiger charge is 2.16. The number of rotatable bonds is 5. The van der Waals surface area contributed by atoms with Gasteiger partial charge in [-0.15, -0.1) is 0 Å². The van der Waals surface area contributed by atoms with Crippen LogP contribution in [0.3, 0.4) is 0 Å². The molecule has 0 radical (unpaired) electrons.